The Hall–Kier alpha value is -1.95. The Morgan fingerprint density at radius 2 is 1.96 bits per heavy atom. The molecule has 2 fully saturated rings. The number of aromatic nitrogens is 3. The molecule has 0 N–H and O–H groups in total. The van der Waals surface area contributed by atoms with Crippen LogP contribution in [0.3, 0.4) is 0 Å². The predicted octanol–water partition coefficient (Wildman–Crippen LogP) is 2.57. The highest BCUT2D eigenvalue weighted by Gasteiger charge is 2.42. The van der Waals surface area contributed by atoms with Gasteiger partial charge in [0.1, 0.15) is 5.76 Å². The number of likely N-dealkylation sites (tertiary alicyclic amines) is 1. The molecular weight excluding hydrogens is 302 g/mol. The van der Waals surface area contributed by atoms with Crippen molar-refractivity contribution in [1.29, 1.82) is 0 Å². The van der Waals surface area contributed by atoms with E-state index in [1.807, 2.05) is 32.3 Å². The van der Waals surface area contributed by atoms with E-state index in [4.69, 9.17) is 4.52 Å². The van der Waals surface area contributed by atoms with Crippen LogP contribution in [0.4, 0.5) is 5.95 Å². The van der Waals surface area contributed by atoms with Gasteiger partial charge in [-0.1, -0.05) is 5.16 Å². The molecule has 2 aromatic heterocycles. The van der Waals surface area contributed by atoms with Gasteiger partial charge < -0.3 is 9.42 Å². The van der Waals surface area contributed by atoms with Gasteiger partial charge in [-0.25, -0.2) is 9.97 Å². The van der Waals surface area contributed by atoms with Gasteiger partial charge in [-0.3, -0.25) is 4.90 Å². The van der Waals surface area contributed by atoms with Crippen molar-refractivity contribution in [3.05, 3.63) is 35.5 Å². The average Bonchev–Trinajstić information content (AvgIpc) is 3.14. The molecular formula is C18H25N5O. The van der Waals surface area contributed by atoms with Gasteiger partial charge in [0, 0.05) is 49.6 Å². The maximum Gasteiger partial charge on any atom is 0.225 e. The SMILES string of the molecule is Cc1noc(C)c1CN1CCC2(CCCN(c3ncccn3)C2)C1. The fourth-order valence-electron chi connectivity index (χ4n) is 4.28. The zero-order valence-corrected chi connectivity index (χ0v) is 14.5. The van der Waals surface area contributed by atoms with Gasteiger partial charge in [-0.2, -0.15) is 0 Å². The fraction of sp³-hybridized carbons (Fsp3) is 0.611. The molecule has 2 aliphatic rings. The van der Waals surface area contributed by atoms with E-state index in [2.05, 4.69) is 24.9 Å². The summed E-state index contributed by atoms with van der Waals surface area (Å²) >= 11 is 0. The maximum absolute atomic E-state index is 5.32. The molecule has 24 heavy (non-hydrogen) atoms. The molecule has 1 spiro atoms. The molecule has 6 nitrogen and oxygen atoms in total. The minimum atomic E-state index is 0.371. The first-order valence-electron chi connectivity index (χ1n) is 8.81. The van der Waals surface area contributed by atoms with E-state index in [0.29, 0.717) is 5.41 Å². The number of anilines is 1. The number of piperidine rings is 1. The summed E-state index contributed by atoms with van der Waals surface area (Å²) in [5.41, 5.74) is 2.65. The summed E-state index contributed by atoms with van der Waals surface area (Å²) in [6.45, 7) is 9.41. The molecule has 0 bridgehead atoms. The smallest absolute Gasteiger partial charge is 0.225 e. The van der Waals surface area contributed by atoms with Crippen LogP contribution in [0, 0.1) is 19.3 Å². The molecule has 0 radical (unpaired) electrons. The highest BCUT2D eigenvalue weighted by atomic mass is 16.5. The number of aryl methyl sites for hydroxylation is 2. The molecule has 0 saturated carbocycles. The van der Waals surface area contributed by atoms with E-state index in [-0.39, 0.29) is 0 Å². The molecule has 0 aliphatic carbocycles. The topological polar surface area (TPSA) is 58.3 Å². The van der Waals surface area contributed by atoms with Gasteiger partial charge in [0.15, 0.2) is 0 Å². The monoisotopic (exact) mass is 327 g/mol. The first-order valence-corrected chi connectivity index (χ1v) is 8.81. The van der Waals surface area contributed by atoms with Gasteiger partial charge in [0.25, 0.3) is 0 Å². The lowest BCUT2D eigenvalue weighted by Crippen LogP contribution is -2.45. The van der Waals surface area contributed by atoms with Crippen molar-refractivity contribution in [2.45, 2.75) is 39.7 Å². The van der Waals surface area contributed by atoms with Crippen LogP contribution in [-0.4, -0.2) is 46.2 Å². The summed E-state index contributed by atoms with van der Waals surface area (Å²) in [7, 11) is 0. The Labute approximate surface area is 142 Å². The lowest BCUT2D eigenvalue weighted by atomic mass is 9.79. The van der Waals surface area contributed by atoms with Crippen molar-refractivity contribution in [2.75, 3.05) is 31.1 Å². The summed E-state index contributed by atoms with van der Waals surface area (Å²) in [5.74, 6) is 1.83. The molecule has 4 heterocycles. The van der Waals surface area contributed by atoms with E-state index < -0.39 is 0 Å². The highest BCUT2D eigenvalue weighted by molar-refractivity contribution is 5.30. The zero-order chi connectivity index (χ0) is 16.6. The van der Waals surface area contributed by atoms with Crippen molar-refractivity contribution in [2.24, 2.45) is 5.41 Å². The van der Waals surface area contributed by atoms with Crippen molar-refractivity contribution in [1.82, 2.24) is 20.0 Å². The van der Waals surface area contributed by atoms with E-state index in [0.717, 1.165) is 50.1 Å². The normalized spacial score (nSPS) is 24.8. The molecule has 2 aliphatic heterocycles. The Morgan fingerprint density at radius 1 is 1.12 bits per heavy atom. The molecule has 2 saturated heterocycles. The maximum atomic E-state index is 5.32. The molecule has 128 valence electrons. The van der Waals surface area contributed by atoms with Gasteiger partial charge in [-0.05, 0) is 45.7 Å². The second kappa shape index (κ2) is 6.16. The Bertz CT molecular complexity index is 681. The van der Waals surface area contributed by atoms with Crippen molar-refractivity contribution in [3.8, 4) is 0 Å². The summed E-state index contributed by atoms with van der Waals surface area (Å²) in [4.78, 5) is 13.8. The number of hydrogen-bond acceptors (Lipinski definition) is 6. The van der Waals surface area contributed by atoms with Gasteiger partial charge >= 0.3 is 0 Å². The van der Waals surface area contributed by atoms with E-state index >= 15 is 0 Å². The molecule has 1 unspecified atom stereocenters. The number of rotatable bonds is 3. The van der Waals surface area contributed by atoms with E-state index in [1.54, 1.807) is 0 Å². The van der Waals surface area contributed by atoms with Crippen molar-refractivity contribution in [3.63, 3.8) is 0 Å². The van der Waals surface area contributed by atoms with Gasteiger partial charge in [-0.15, -0.1) is 0 Å². The van der Waals surface area contributed by atoms with Gasteiger partial charge in [0.2, 0.25) is 5.95 Å². The molecule has 0 aromatic carbocycles. The van der Waals surface area contributed by atoms with Crippen LogP contribution in [0.5, 0.6) is 0 Å². The third-order valence-corrected chi connectivity index (χ3v) is 5.58. The van der Waals surface area contributed by atoms with Crippen LogP contribution < -0.4 is 4.90 Å². The molecule has 1 atom stereocenters. The minimum Gasteiger partial charge on any atom is -0.361 e. The molecule has 0 amide bonds. The lowest BCUT2D eigenvalue weighted by molar-refractivity contribution is 0.215. The van der Waals surface area contributed by atoms with Crippen molar-refractivity contribution < 1.29 is 4.52 Å². The predicted molar refractivity (Wildman–Crippen MR) is 91.8 cm³/mol. The standard InChI is InChI=1S/C18H25N5O/c1-14-16(15(2)24-21-14)11-22-10-6-18(12-22)5-3-9-23(13-18)17-19-7-4-8-20-17/h4,7-8H,3,5-6,9-13H2,1-2H3. The third kappa shape index (κ3) is 2.90. The molecule has 4 rings (SSSR count). The fourth-order valence-corrected chi connectivity index (χ4v) is 4.28. The largest absolute Gasteiger partial charge is 0.361 e. The van der Waals surface area contributed by atoms with Crippen LogP contribution in [-0.2, 0) is 6.54 Å². The number of nitrogens with zero attached hydrogens (tertiary/aromatic N) is 5. The second-order valence-corrected chi connectivity index (χ2v) is 7.34. The van der Waals surface area contributed by atoms with Gasteiger partial charge in [0.05, 0.1) is 5.69 Å². The highest BCUT2D eigenvalue weighted by Crippen LogP contribution is 2.40. The lowest BCUT2D eigenvalue weighted by Gasteiger charge is -2.40. The quantitative estimate of drug-likeness (QED) is 0.863. The second-order valence-electron chi connectivity index (χ2n) is 7.34. The third-order valence-electron chi connectivity index (χ3n) is 5.58. The summed E-state index contributed by atoms with van der Waals surface area (Å²) < 4.78 is 5.32. The molecule has 6 heteroatoms. The summed E-state index contributed by atoms with van der Waals surface area (Å²) in [6.07, 6.45) is 7.44. The molecule has 2 aromatic rings. The first-order chi connectivity index (χ1) is 11.7. The van der Waals surface area contributed by atoms with Crippen LogP contribution >= 0.6 is 0 Å². The van der Waals surface area contributed by atoms with Crippen LogP contribution in [0.15, 0.2) is 23.0 Å². The Kier molecular flexibility index (Phi) is 4.00. The summed E-state index contributed by atoms with van der Waals surface area (Å²) in [5, 5.41) is 4.09. The van der Waals surface area contributed by atoms with Crippen LogP contribution in [0.2, 0.25) is 0 Å². The zero-order valence-electron chi connectivity index (χ0n) is 14.5. The van der Waals surface area contributed by atoms with Crippen LogP contribution in [0.25, 0.3) is 0 Å². The van der Waals surface area contributed by atoms with E-state index in [1.165, 1.54) is 24.8 Å². The van der Waals surface area contributed by atoms with Crippen LogP contribution in [0.1, 0.15) is 36.3 Å². The summed E-state index contributed by atoms with van der Waals surface area (Å²) in [6, 6.07) is 1.88. The Morgan fingerprint density at radius 3 is 2.71 bits per heavy atom. The average molecular weight is 327 g/mol. The Balaban J connectivity index is 1.45. The van der Waals surface area contributed by atoms with Crippen molar-refractivity contribution >= 4 is 5.95 Å². The van der Waals surface area contributed by atoms with E-state index in [9.17, 15) is 0 Å². The number of hydrogen-bond donors (Lipinski definition) is 0. The minimum absolute atomic E-state index is 0.371. The first kappa shape index (κ1) is 15.6.